The zero-order chi connectivity index (χ0) is 13.1. The Morgan fingerprint density at radius 1 is 1.11 bits per heavy atom. The van der Waals surface area contributed by atoms with Gasteiger partial charge in [-0.25, -0.2) is 9.37 Å². The van der Waals surface area contributed by atoms with Crippen LogP contribution in [-0.4, -0.2) is 11.2 Å². The van der Waals surface area contributed by atoms with E-state index in [1.54, 1.807) is 18.3 Å². The van der Waals surface area contributed by atoms with E-state index in [0.29, 0.717) is 0 Å². The first-order valence-corrected chi connectivity index (χ1v) is 6.53. The van der Waals surface area contributed by atoms with Crippen LogP contribution in [0.2, 0.25) is 0 Å². The summed E-state index contributed by atoms with van der Waals surface area (Å²) in [7, 11) is 0. The molecule has 0 saturated carbocycles. The van der Waals surface area contributed by atoms with Gasteiger partial charge >= 0.3 is 0 Å². The monoisotopic (exact) mass is 271 g/mol. The minimum atomic E-state index is -0.253. The van der Waals surface area contributed by atoms with Gasteiger partial charge < -0.3 is 0 Å². The van der Waals surface area contributed by atoms with Gasteiger partial charge in [0.05, 0.1) is 16.4 Å². The summed E-state index contributed by atoms with van der Waals surface area (Å²) in [6, 6.07) is 14.0. The van der Waals surface area contributed by atoms with Crippen molar-refractivity contribution in [1.82, 2.24) is 4.98 Å². The predicted molar refractivity (Wildman–Crippen MR) is 77.2 cm³/mol. The van der Waals surface area contributed by atoms with E-state index in [9.17, 15) is 4.39 Å². The molecule has 5 heteroatoms. The lowest BCUT2D eigenvalue weighted by molar-refractivity contribution is 0.628. The van der Waals surface area contributed by atoms with Crippen LogP contribution in [0.25, 0.3) is 10.2 Å². The standard InChI is InChI=1S/C14H10FN3S/c15-11-7-5-10(6-8-11)9-16-18-14-17-12-3-1-2-4-13(12)19-14/h1-9H,(H,17,18). The fourth-order valence-corrected chi connectivity index (χ4v) is 2.45. The number of fused-ring (bicyclic) bond motifs is 1. The van der Waals surface area contributed by atoms with Gasteiger partial charge in [-0.1, -0.05) is 35.6 Å². The Labute approximate surface area is 113 Å². The summed E-state index contributed by atoms with van der Waals surface area (Å²) in [6.07, 6.45) is 1.63. The van der Waals surface area contributed by atoms with Gasteiger partial charge in [0.15, 0.2) is 0 Å². The highest BCUT2D eigenvalue weighted by atomic mass is 32.1. The number of halogens is 1. The van der Waals surface area contributed by atoms with Crippen molar-refractivity contribution < 1.29 is 4.39 Å². The highest BCUT2D eigenvalue weighted by Crippen LogP contribution is 2.25. The molecule has 94 valence electrons. The molecule has 1 heterocycles. The van der Waals surface area contributed by atoms with Crippen LogP contribution in [0.5, 0.6) is 0 Å². The van der Waals surface area contributed by atoms with E-state index in [1.807, 2.05) is 24.3 Å². The van der Waals surface area contributed by atoms with E-state index in [2.05, 4.69) is 15.5 Å². The Kier molecular flexibility index (Phi) is 3.20. The second kappa shape index (κ2) is 5.16. The largest absolute Gasteiger partial charge is 0.253 e. The van der Waals surface area contributed by atoms with Crippen LogP contribution in [0.1, 0.15) is 5.56 Å². The van der Waals surface area contributed by atoms with Crippen molar-refractivity contribution in [3.05, 3.63) is 59.9 Å². The second-order valence-electron chi connectivity index (χ2n) is 3.91. The number of thiazole rings is 1. The fourth-order valence-electron chi connectivity index (χ4n) is 1.63. The quantitative estimate of drug-likeness (QED) is 0.580. The summed E-state index contributed by atoms with van der Waals surface area (Å²) in [6.45, 7) is 0. The molecule has 2 aromatic carbocycles. The molecule has 0 aliphatic carbocycles. The molecule has 3 rings (SSSR count). The molecule has 0 aliphatic heterocycles. The lowest BCUT2D eigenvalue weighted by Gasteiger charge is -1.93. The van der Waals surface area contributed by atoms with Crippen LogP contribution in [0.3, 0.4) is 0 Å². The lowest BCUT2D eigenvalue weighted by atomic mass is 10.2. The molecule has 0 aliphatic rings. The molecule has 3 aromatic rings. The predicted octanol–water partition coefficient (Wildman–Crippen LogP) is 3.88. The minimum absolute atomic E-state index is 0.253. The van der Waals surface area contributed by atoms with Gasteiger partial charge in [0.2, 0.25) is 5.13 Å². The molecule has 0 bridgehead atoms. The van der Waals surface area contributed by atoms with Gasteiger partial charge in [0, 0.05) is 0 Å². The number of rotatable bonds is 3. The van der Waals surface area contributed by atoms with Crippen LogP contribution < -0.4 is 5.43 Å². The van der Waals surface area contributed by atoms with E-state index in [1.165, 1.54) is 23.5 Å². The summed E-state index contributed by atoms with van der Waals surface area (Å²) < 4.78 is 13.8. The molecule has 0 saturated heterocycles. The normalized spacial score (nSPS) is 11.2. The van der Waals surface area contributed by atoms with Crippen LogP contribution >= 0.6 is 11.3 Å². The topological polar surface area (TPSA) is 37.3 Å². The van der Waals surface area contributed by atoms with E-state index in [4.69, 9.17) is 0 Å². The zero-order valence-corrected chi connectivity index (χ0v) is 10.7. The van der Waals surface area contributed by atoms with Gasteiger partial charge in [-0.05, 0) is 29.8 Å². The summed E-state index contributed by atoms with van der Waals surface area (Å²) in [5.41, 5.74) is 4.66. The third kappa shape index (κ3) is 2.77. The van der Waals surface area contributed by atoms with Crippen molar-refractivity contribution >= 4 is 32.9 Å². The minimum Gasteiger partial charge on any atom is -0.253 e. The maximum absolute atomic E-state index is 12.7. The van der Waals surface area contributed by atoms with Crippen LogP contribution in [-0.2, 0) is 0 Å². The lowest BCUT2D eigenvalue weighted by Crippen LogP contribution is -1.89. The zero-order valence-electron chi connectivity index (χ0n) is 9.88. The SMILES string of the molecule is Fc1ccc(C=NNc2nc3ccccc3s2)cc1. The van der Waals surface area contributed by atoms with Crippen LogP contribution in [0.15, 0.2) is 53.6 Å². The van der Waals surface area contributed by atoms with Gasteiger partial charge in [0.25, 0.3) is 0 Å². The second-order valence-corrected chi connectivity index (χ2v) is 4.94. The molecular weight excluding hydrogens is 261 g/mol. The molecule has 1 aromatic heterocycles. The fraction of sp³-hybridized carbons (Fsp3) is 0. The highest BCUT2D eigenvalue weighted by Gasteiger charge is 2.00. The Balaban J connectivity index is 1.73. The van der Waals surface area contributed by atoms with Crippen molar-refractivity contribution in [3.63, 3.8) is 0 Å². The number of aromatic nitrogens is 1. The maximum Gasteiger partial charge on any atom is 0.204 e. The molecular formula is C14H10FN3S. The maximum atomic E-state index is 12.7. The number of nitrogens with one attached hydrogen (secondary N) is 1. The number of hydrogen-bond acceptors (Lipinski definition) is 4. The first kappa shape index (κ1) is 11.8. The summed E-state index contributed by atoms with van der Waals surface area (Å²) in [5.74, 6) is -0.253. The van der Waals surface area contributed by atoms with Crippen molar-refractivity contribution in [2.75, 3.05) is 5.43 Å². The summed E-state index contributed by atoms with van der Waals surface area (Å²) in [4.78, 5) is 4.39. The van der Waals surface area contributed by atoms with Crippen molar-refractivity contribution in [2.24, 2.45) is 5.10 Å². The Bertz CT molecular complexity index is 686. The number of benzene rings is 2. The van der Waals surface area contributed by atoms with Gasteiger partial charge in [0.1, 0.15) is 5.82 Å². The van der Waals surface area contributed by atoms with Gasteiger partial charge in [-0.2, -0.15) is 5.10 Å². The molecule has 0 radical (unpaired) electrons. The van der Waals surface area contributed by atoms with Crippen molar-refractivity contribution in [3.8, 4) is 0 Å². The number of anilines is 1. The Morgan fingerprint density at radius 2 is 1.89 bits per heavy atom. The number of nitrogens with zero attached hydrogens (tertiary/aromatic N) is 2. The van der Waals surface area contributed by atoms with Crippen LogP contribution in [0, 0.1) is 5.82 Å². The molecule has 0 spiro atoms. The van der Waals surface area contributed by atoms with E-state index < -0.39 is 0 Å². The van der Waals surface area contributed by atoms with Gasteiger partial charge in [-0.3, -0.25) is 5.43 Å². The molecule has 0 atom stereocenters. The molecule has 0 unspecified atom stereocenters. The highest BCUT2D eigenvalue weighted by molar-refractivity contribution is 7.22. The molecule has 19 heavy (non-hydrogen) atoms. The van der Waals surface area contributed by atoms with Crippen molar-refractivity contribution in [2.45, 2.75) is 0 Å². The summed E-state index contributed by atoms with van der Waals surface area (Å²) in [5, 5.41) is 4.82. The smallest absolute Gasteiger partial charge is 0.204 e. The number of hydrogen-bond donors (Lipinski definition) is 1. The van der Waals surface area contributed by atoms with E-state index in [0.717, 1.165) is 20.9 Å². The number of para-hydroxylation sites is 1. The first-order chi connectivity index (χ1) is 9.31. The average Bonchev–Trinajstić information content (AvgIpc) is 2.83. The average molecular weight is 271 g/mol. The van der Waals surface area contributed by atoms with Gasteiger partial charge in [-0.15, -0.1) is 0 Å². The number of hydrazone groups is 1. The molecule has 0 amide bonds. The summed E-state index contributed by atoms with van der Waals surface area (Å²) >= 11 is 1.54. The van der Waals surface area contributed by atoms with E-state index in [-0.39, 0.29) is 5.82 Å². The Morgan fingerprint density at radius 3 is 2.68 bits per heavy atom. The third-order valence-corrected chi connectivity index (χ3v) is 3.48. The molecule has 1 N–H and O–H groups in total. The Hall–Kier alpha value is -2.27. The van der Waals surface area contributed by atoms with Crippen LogP contribution in [0.4, 0.5) is 9.52 Å². The molecule has 3 nitrogen and oxygen atoms in total. The van der Waals surface area contributed by atoms with E-state index >= 15 is 0 Å². The molecule has 0 fully saturated rings. The third-order valence-electron chi connectivity index (χ3n) is 2.54. The first-order valence-electron chi connectivity index (χ1n) is 5.71. The van der Waals surface area contributed by atoms with Crippen molar-refractivity contribution in [1.29, 1.82) is 0 Å².